The summed E-state index contributed by atoms with van der Waals surface area (Å²) < 4.78 is 39.9. The van der Waals surface area contributed by atoms with Crippen LogP contribution in [0.3, 0.4) is 0 Å². The molecule has 1 atom stereocenters. The maximum absolute atomic E-state index is 13.3. The van der Waals surface area contributed by atoms with Crippen molar-refractivity contribution in [2.75, 3.05) is 18.6 Å². The molecule has 3 aromatic rings. The molecule has 0 fully saturated rings. The van der Waals surface area contributed by atoms with Crippen molar-refractivity contribution in [2.45, 2.75) is 39.9 Å². The minimum absolute atomic E-state index is 0.234. The van der Waals surface area contributed by atoms with Crippen molar-refractivity contribution in [2.24, 2.45) is 0 Å². The van der Waals surface area contributed by atoms with E-state index in [1.807, 2.05) is 13.8 Å². The van der Waals surface area contributed by atoms with Crippen LogP contribution in [0, 0.1) is 20.8 Å². The van der Waals surface area contributed by atoms with Gasteiger partial charge in [-0.2, -0.15) is 13.2 Å². The summed E-state index contributed by atoms with van der Waals surface area (Å²) in [7, 11) is -0.305. The number of nitrogens with zero attached hydrogens (tertiary/aromatic N) is 2. The summed E-state index contributed by atoms with van der Waals surface area (Å²) in [5.74, 6) is 1.27. The highest BCUT2D eigenvalue weighted by molar-refractivity contribution is 7.64. The second-order valence-corrected chi connectivity index (χ2v) is 9.82. The second kappa shape index (κ2) is 7.91. The molecule has 2 aromatic carbocycles. The molecule has 3 nitrogen and oxygen atoms in total. The first kappa shape index (κ1) is 21.5. The summed E-state index contributed by atoms with van der Waals surface area (Å²) in [6, 6.07) is 8.14. The van der Waals surface area contributed by atoms with Gasteiger partial charge in [-0.15, -0.1) is 0 Å². The largest absolute Gasteiger partial charge is 0.416 e. The van der Waals surface area contributed by atoms with E-state index in [4.69, 9.17) is 0 Å². The maximum atomic E-state index is 13.3. The van der Waals surface area contributed by atoms with Crippen LogP contribution >= 0.6 is 7.92 Å². The number of rotatable bonds is 4. The lowest BCUT2D eigenvalue weighted by atomic mass is 9.97. The number of fused-ring (bicyclic) bond motifs is 1. The van der Waals surface area contributed by atoms with Crippen molar-refractivity contribution >= 4 is 29.9 Å². The Balaban J connectivity index is 2.07. The van der Waals surface area contributed by atoms with Crippen LogP contribution in [0.5, 0.6) is 0 Å². The molecule has 7 heteroatoms. The van der Waals surface area contributed by atoms with Gasteiger partial charge in [0, 0.05) is 5.39 Å². The highest BCUT2D eigenvalue weighted by atomic mass is 31.1. The predicted octanol–water partition coefficient (Wildman–Crippen LogP) is 6.11. The molecule has 3 rings (SSSR count). The molecule has 0 aliphatic heterocycles. The molecular formula is C22H25F3N3P. The van der Waals surface area contributed by atoms with Gasteiger partial charge in [-0.25, -0.2) is 9.97 Å². The van der Waals surface area contributed by atoms with Gasteiger partial charge in [0.05, 0.1) is 17.1 Å². The molecule has 0 amide bonds. The van der Waals surface area contributed by atoms with Crippen molar-refractivity contribution in [1.29, 1.82) is 0 Å². The van der Waals surface area contributed by atoms with Gasteiger partial charge in [-0.3, -0.25) is 0 Å². The number of aromatic nitrogens is 2. The average molecular weight is 419 g/mol. The van der Waals surface area contributed by atoms with Gasteiger partial charge >= 0.3 is 6.18 Å². The first-order valence-electron chi connectivity index (χ1n) is 9.38. The summed E-state index contributed by atoms with van der Waals surface area (Å²) in [6.45, 7) is 11.7. The van der Waals surface area contributed by atoms with Crippen LogP contribution in [0.1, 0.15) is 41.0 Å². The Bertz CT molecular complexity index is 1060. The van der Waals surface area contributed by atoms with Gasteiger partial charge in [0.15, 0.2) is 0 Å². The lowest BCUT2D eigenvalue weighted by Crippen LogP contribution is -2.15. The van der Waals surface area contributed by atoms with Crippen molar-refractivity contribution in [3.63, 3.8) is 0 Å². The fourth-order valence-electron chi connectivity index (χ4n) is 3.69. The number of aryl methyl sites for hydroxylation is 2. The zero-order chi connectivity index (χ0) is 21.5. The van der Waals surface area contributed by atoms with Gasteiger partial charge in [0.1, 0.15) is 11.6 Å². The van der Waals surface area contributed by atoms with Crippen LogP contribution in [-0.2, 0) is 6.18 Å². The Kier molecular flexibility index (Phi) is 5.86. The van der Waals surface area contributed by atoms with Crippen molar-refractivity contribution in [3.05, 3.63) is 58.4 Å². The van der Waals surface area contributed by atoms with E-state index in [9.17, 15) is 13.2 Å². The first-order valence-corrected chi connectivity index (χ1v) is 11.6. The van der Waals surface area contributed by atoms with Gasteiger partial charge < -0.3 is 5.32 Å². The van der Waals surface area contributed by atoms with E-state index in [-0.39, 0.29) is 19.5 Å². The van der Waals surface area contributed by atoms with E-state index in [1.54, 1.807) is 6.07 Å². The van der Waals surface area contributed by atoms with Gasteiger partial charge in [0.25, 0.3) is 0 Å². The Hall–Kier alpha value is -2.20. The molecule has 0 unspecified atom stereocenters. The lowest BCUT2D eigenvalue weighted by molar-refractivity contribution is -0.138. The monoisotopic (exact) mass is 419 g/mol. The summed E-state index contributed by atoms with van der Waals surface area (Å²) in [5.41, 5.74) is 2.26. The number of benzene rings is 2. The van der Waals surface area contributed by atoms with Gasteiger partial charge in [-0.1, -0.05) is 20.1 Å². The number of hydrogen-bond acceptors (Lipinski definition) is 3. The molecule has 0 aliphatic rings. The van der Waals surface area contributed by atoms with Crippen LogP contribution in [0.15, 0.2) is 30.3 Å². The van der Waals surface area contributed by atoms with Crippen molar-refractivity contribution in [1.82, 2.24) is 9.97 Å². The zero-order valence-electron chi connectivity index (χ0n) is 17.4. The fraction of sp³-hybridized carbons (Fsp3) is 0.364. The molecule has 0 bridgehead atoms. The summed E-state index contributed by atoms with van der Waals surface area (Å²) >= 11 is 0. The third-order valence-electron chi connectivity index (χ3n) is 5.11. The van der Waals surface area contributed by atoms with E-state index >= 15 is 0 Å². The molecule has 1 heterocycles. The summed E-state index contributed by atoms with van der Waals surface area (Å²) in [6.07, 6.45) is -4.37. The SMILES string of the molecule is Cc1nc(N[C@H](C)c2cccc(C(F)(F)F)c2C)c2cc(P(C)C)c(C)cc2n1. The predicted molar refractivity (Wildman–Crippen MR) is 116 cm³/mol. The molecule has 0 saturated heterocycles. The quantitative estimate of drug-likeness (QED) is 0.518. The normalized spacial score (nSPS) is 13.2. The van der Waals surface area contributed by atoms with Gasteiger partial charge in [-0.05, 0) is 81.2 Å². The Morgan fingerprint density at radius 3 is 2.34 bits per heavy atom. The van der Waals surface area contributed by atoms with Crippen LogP contribution in [-0.4, -0.2) is 23.3 Å². The van der Waals surface area contributed by atoms with Crippen LogP contribution in [0.25, 0.3) is 10.9 Å². The third kappa shape index (κ3) is 4.37. The first-order chi connectivity index (χ1) is 13.5. The zero-order valence-corrected chi connectivity index (χ0v) is 18.3. The van der Waals surface area contributed by atoms with Crippen LogP contribution in [0.2, 0.25) is 0 Å². The molecule has 154 valence electrons. The minimum Gasteiger partial charge on any atom is -0.363 e. The van der Waals surface area contributed by atoms with E-state index in [0.717, 1.165) is 17.0 Å². The molecule has 1 N–H and O–H groups in total. The second-order valence-electron chi connectivity index (χ2n) is 7.55. The van der Waals surface area contributed by atoms with Crippen LogP contribution in [0.4, 0.5) is 19.0 Å². The van der Waals surface area contributed by atoms with Crippen molar-refractivity contribution < 1.29 is 13.2 Å². The Labute approximate surface area is 170 Å². The van der Waals surface area contributed by atoms with Crippen molar-refractivity contribution in [3.8, 4) is 0 Å². The molecule has 0 radical (unpaired) electrons. The number of alkyl halides is 3. The number of anilines is 1. The average Bonchev–Trinajstić information content (AvgIpc) is 2.59. The minimum atomic E-state index is -4.37. The fourth-order valence-corrected chi connectivity index (χ4v) is 4.85. The van der Waals surface area contributed by atoms with E-state index < -0.39 is 11.7 Å². The molecule has 1 aromatic heterocycles. The molecule has 0 spiro atoms. The maximum Gasteiger partial charge on any atom is 0.416 e. The lowest BCUT2D eigenvalue weighted by Gasteiger charge is -2.21. The van der Waals surface area contributed by atoms with E-state index in [1.165, 1.54) is 23.9 Å². The van der Waals surface area contributed by atoms with Crippen LogP contribution < -0.4 is 10.6 Å². The topological polar surface area (TPSA) is 37.8 Å². The third-order valence-corrected chi connectivity index (χ3v) is 6.55. The van der Waals surface area contributed by atoms with Gasteiger partial charge in [0.2, 0.25) is 0 Å². The smallest absolute Gasteiger partial charge is 0.363 e. The van der Waals surface area contributed by atoms with E-state index in [0.29, 0.717) is 17.2 Å². The molecular weight excluding hydrogens is 394 g/mol. The summed E-state index contributed by atoms with van der Waals surface area (Å²) in [4.78, 5) is 9.11. The number of halogens is 3. The highest BCUT2D eigenvalue weighted by Gasteiger charge is 2.33. The number of nitrogens with one attached hydrogen (secondary N) is 1. The Morgan fingerprint density at radius 1 is 1.03 bits per heavy atom. The molecule has 0 aliphatic carbocycles. The highest BCUT2D eigenvalue weighted by Crippen LogP contribution is 2.36. The summed E-state index contributed by atoms with van der Waals surface area (Å²) in [5, 5.41) is 5.50. The standard InChI is InChI=1S/C22H25F3N3P/c1-12-10-19-17(11-20(12)29(5)6)21(28-15(4)27-19)26-14(3)16-8-7-9-18(13(16)2)22(23,24)25/h7-11,14H,1-6H3,(H,26,27,28)/t14-/m1/s1. The van der Waals surface area contributed by atoms with E-state index in [2.05, 4.69) is 47.7 Å². The molecule has 29 heavy (non-hydrogen) atoms. The molecule has 0 saturated carbocycles. The number of hydrogen-bond donors (Lipinski definition) is 1. The Morgan fingerprint density at radius 2 is 1.72 bits per heavy atom.